The van der Waals surface area contributed by atoms with Gasteiger partial charge in [0.1, 0.15) is 0 Å². The van der Waals surface area contributed by atoms with Crippen molar-refractivity contribution in [2.45, 2.75) is 26.8 Å². The molecule has 1 saturated heterocycles. The quantitative estimate of drug-likeness (QED) is 0.834. The zero-order chi connectivity index (χ0) is 19.4. The second-order valence-electron chi connectivity index (χ2n) is 7.36. The average Bonchev–Trinajstić information content (AvgIpc) is 2.65. The molecule has 1 N–H and O–H groups in total. The molecule has 0 aromatic heterocycles. The van der Waals surface area contributed by atoms with Crippen molar-refractivity contribution in [2.75, 3.05) is 38.0 Å². The largest absolute Gasteiger partial charge is 0.324 e. The molecule has 0 radical (unpaired) electrons. The highest BCUT2D eigenvalue weighted by atomic mass is 35.5. The number of halogens is 1. The molecule has 2 aromatic rings. The Balaban J connectivity index is 1.51. The average molecular weight is 386 g/mol. The van der Waals surface area contributed by atoms with Crippen molar-refractivity contribution in [1.29, 1.82) is 0 Å². The Morgan fingerprint density at radius 1 is 1.07 bits per heavy atom. The fraction of sp³-hybridized carbons (Fsp3) is 0.409. The van der Waals surface area contributed by atoms with Crippen molar-refractivity contribution in [2.24, 2.45) is 0 Å². The highest BCUT2D eigenvalue weighted by Gasteiger charge is 2.23. The van der Waals surface area contributed by atoms with Crippen LogP contribution in [0, 0.1) is 13.8 Å². The number of amides is 1. The Bertz CT molecular complexity index is 780. The van der Waals surface area contributed by atoms with Crippen LogP contribution in [0.1, 0.15) is 29.7 Å². The van der Waals surface area contributed by atoms with Crippen LogP contribution in [0.3, 0.4) is 0 Å². The summed E-state index contributed by atoms with van der Waals surface area (Å²) in [5, 5.41) is 3.86. The number of rotatable bonds is 5. The molecular weight excluding hydrogens is 358 g/mol. The highest BCUT2D eigenvalue weighted by molar-refractivity contribution is 6.30. The van der Waals surface area contributed by atoms with Gasteiger partial charge in [0.15, 0.2) is 0 Å². The number of piperazine rings is 1. The van der Waals surface area contributed by atoms with Gasteiger partial charge in [-0.2, -0.15) is 0 Å². The Morgan fingerprint density at radius 2 is 1.70 bits per heavy atom. The van der Waals surface area contributed by atoms with E-state index >= 15 is 0 Å². The maximum absolute atomic E-state index is 12.5. The first-order valence-corrected chi connectivity index (χ1v) is 9.90. The summed E-state index contributed by atoms with van der Waals surface area (Å²) in [7, 11) is 0. The van der Waals surface area contributed by atoms with Gasteiger partial charge in [0.05, 0.1) is 6.54 Å². The van der Waals surface area contributed by atoms with Crippen LogP contribution in [0.4, 0.5) is 5.69 Å². The molecule has 1 amide bonds. The van der Waals surface area contributed by atoms with Crippen LogP contribution >= 0.6 is 11.6 Å². The number of hydrogen-bond donors (Lipinski definition) is 1. The maximum Gasteiger partial charge on any atom is 0.238 e. The molecule has 0 spiro atoms. The second kappa shape index (κ2) is 8.87. The van der Waals surface area contributed by atoms with Crippen molar-refractivity contribution in [1.82, 2.24) is 9.80 Å². The number of carbonyl (C=O) groups excluding carboxylic acids is 1. The molecule has 1 unspecified atom stereocenters. The Morgan fingerprint density at radius 3 is 2.33 bits per heavy atom. The van der Waals surface area contributed by atoms with Gasteiger partial charge >= 0.3 is 0 Å². The summed E-state index contributed by atoms with van der Waals surface area (Å²) < 4.78 is 0. The topological polar surface area (TPSA) is 35.6 Å². The zero-order valence-corrected chi connectivity index (χ0v) is 17.1. The van der Waals surface area contributed by atoms with Crippen molar-refractivity contribution in [3.8, 4) is 0 Å². The normalized spacial score (nSPS) is 16.9. The van der Waals surface area contributed by atoms with E-state index < -0.39 is 0 Å². The Labute approximate surface area is 167 Å². The molecule has 144 valence electrons. The van der Waals surface area contributed by atoms with E-state index in [0.717, 1.165) is 48.0 Å². The molecule has 1 aliphatic heterocycles. The molecule has 0 bridgehead atoms. The lowest BCUT2D eigenvalue weighted by Gasteiger charge is -2.38. The molecule has 1 heterocycles. The number of nitrogens with one attached hydrogen (secondary N) is 1. The van der Waals surface area contributed by atoms with Crippen LogP contribution in [0.2, 0.25) is 5.02 Å². The third-order valence-corrected chi connectivity index (χ3v) is 5.63. The van der Waals surface area contributed by atoms with Gasteiger partial charge in [0.25, 0.3) is 0 Å². The van der Waals surface area contributed by atoms with E-state index in [2.05, 4.69) is 28.1 Å². The first-order chi connectivity index (χ1) is 12.9. The second-order valence-corrected chi connectivity index (χ2v) is 7.79. The van der Waals surface area contributed by atoms with Crippen molar-refractivity contribution in [3.63, 3.8) is 0 Å². The number of hydrogen-bond acceptors (Lipinski definition) is 3. The fourth-order valence-electron chi connectivity index (χ4n) is 3.68. The van der Waals surface area contributed by atoms with Gasteiger partial charge in [-0.1, -0.05) is 41.9 Å². The minimum Gasteiger partial charge on any atom is -0.324 e. The number of nitrogens with zero attached hydrogens (tertiary/aromatic N) is 2. The summed E-state index contributed by atoms with van der Waals surface area (Å²) in [6.45, 7) is 10.4. The van der Waals surface area contributed by atoms with E-state index in [9.17, 15) is 4.79 Å². The number of anilines is 1. The maximum atomic E-state index is 12.5. The molecule has 0 aliphatic carbocycles. The molecule has 4 nitrogen and oxygen atoms in total. The van der Waals surface area contributed by atoms with Crippen molar-refractivity contribution >= 4 is 23.2 Å². The zero-order valence-electron chi connectivity index (χ0n) is 16.3. The number of aryl methyl sites for hydroxylation is 2. The van der Waals surface area contributed by atoms with Gasteiger partial charge in [0.2, 0.25) is 5.91 Å². The van der Waals surface area contributed by atoms with E-state index in [1.165, 1.54) is 5.56 Å². The molecule has 27 heavy (non-hydrogen) atoms. The smallest absolute Gasteiger partial charge is 0.238 e. The van der Waals surface area contributed by atoms with Gasteiger partial charge in [0, 0.05) is 42.9 Å². The molecule has 1 fully saturated rings. The minimum atomic E-state index is 0.0590. The van der Waals surface area contributed by atoms with E-state index in [1.54, 1.807) is 0 Å². The summed E-state index contributed by atoms with van der Waals surface area (Å²) in [6, 6.07) is 14.5. The SMILES string of the molecule is Cc1cccc(C)c1NC(=O)CN1CCN(C(C)c2cccc(Cl)c2)CC1. The predicted octanol–water partition coefficient (Wildman–Crippen LogP) is 4.27. The summed E-state index contributed by atoms with van der Waals surface area (Å²) in [6.07, 6.45) is 0. The standard InChI is InChI=1S/C22H28ClN3O/c1-16-6-4-7-17(2)22(16)24-21(27)15-25-10-12-26(13-11-25)18(3)19-8-5-9-20(23)14-19/h4-9,14,18H,10-13,15H2,1-3H3,(H,24,27). The van der Waals surface area contributed by atoms with E-state index in [4.69, 9.17) is 11.6 Å². The van der Waals surface area contributed by atoms with Crippen LogP contribution in [0.25, 0.3) is 0 Å². The van der Waals surface area contributed by atoms with Gasteiger partial charge in [-0.15, -0.1) is 0 Å². The highest BCUT2D eigenvalue weighted by Crippen LogP contribution is 2.24. The summed E-state index contributed by atoms with van der Waals surface area (Å²) >= 11 is 6.13. The molecule has 0 saturated carbocycles. The lowest BCUT2D eigenvalue weighted by molar-refractivity contribution is -0.117. The molecule has 3 rings (SSSR count). The van der Waals surface area contributed by atoms with Crippen LogP contribution in [-0.2, 0) is 4.79 Å². The molecule has 5 heteroatoms. The monoisotopic (exact) mass is 385 g/mol. The lowest BCUT2D eigenvalue weighted by atomic mass is 10.1. The van der Waals surface area contributed by atoms with E-state index in [-0.39, 0.29) is 5.91 Å². The van der Waals surface area contributed by atoms with Crippen LogP contribution in [0.5, 0.6) is 0 Å². The Kier molecular flexibility index (Phi) is 6.53. The van der Waals surface area contributed by atoms with Gasteiger partial charge in [-0.05, 0) is 49.6 Å². The van der Waals surface area contributed by atoms with Crippen molar-refractivity contribution < 1.29 is 4.79 Å². The molecule has 2 aromatic carbocycles. The summed E-state index contributed by atoms with van der Waals surface area (Å²) in [5.74, 6) is 0.0590. The third kappa shape index (κ3) is 5.10. The van der Waals surface area contributed by atoms with Crippen LogP contribution < -0.4 is 5.32 Å². The number of para-hydroxylation sites is 1. The predicted molar refractivity (Wildman–Crippen MR) is 112 cm³/mol. The van der Waals surface area contributed by atoms with Crippen molar-refractivity contribution in [3.05, 3.63) is 64.2 Å². The number of carbonyl (C=O) groups is 1. The van der Waals surface area contributed by atoms with Crippen LogP contribution in [-0.4, -0.2) is 48.4 Å². The first-order valence-electron chi connectivity index (χ1n) is 9.52. The van der Waals surface area contributed by atoms with Gasteiger partial charge in [-0.25, -0.2) is 0 Å². The summed E-state index contributed by atoms with van der Waals surface area (Å²) in [4.78, 5) is 17.2. The first kappa shape index (κ1) is 19.9. The van der Waals surface area contributed by atoms with E-state index in [0.29, 0.717) is 12.6 Å². The fourth-order valence-corrected chi connectivity index (χ4v) is 3.88. The van der Waals surface area contributed by atoms with Gasteiger partial charge < -0.3 is 5.32 Å². The van der Waals surface area contributed by atoms with Crippen LogP contribution in [0.15, 0.2) is 42.5 Å². The summed E-state index contributed by atoms with van der Waals surface area (Å²) in [5.41, 5.74) is 4.38. The Hall–Kier alpha value is -1.88. The molecule has 1 atom stereocenters. The minimum absolute atomic E-state index is 0.0590. The van der Waals surface area contributed by atoms with E-state index in [1.807, 2.05) is 50.2 Å². The molecular formula is C22H28ClN3O. The lowest BCUT2D eigenvalue weighted by Crippen LogP contribution is -2.49. The number of benzene rings is 2. The molecule has 1 aliphatic rings. The third-order valence-electron chi connectivity index (χ3n) is 5.40. The van der Waals surface area contributed by atoms with Gasteiger partial charge in [-0.3, -0.25) is 14.6 Å².